The number of rotatable bonds is 0. The van der Waals surface area contributed by atoms with Gasteiger partial charge in [-0.3, -0.25) is 9.59 Å². The van der Waals surface area contributed by atoms with Gasteiger partial charge < -0.3 is 0 Å². The zero-order valence-corrected chi connectivity index (χ0v) is 5.39. The molecule has 1 aliphatic heterocycles. The Kier molecular flexibility index (Phi) is 1.51. The molecule has 0 radical (unpaired) electrons. The summed E-state index contributed by atoms with van der Waals surface area (Å²) in [7, 11) is 0. The molecule has 50 valence electrons. The Bertz CT molecular complexity index is 153. The molecule has 3 nitrogen and oxygen atoms in total. The van der Waals surface area contributed by atoms with E-state index < -0.39 is 0 Å². The lowest BCUT2D eigenvalue weighted by Gasteiger charge is -2.07. The average molecular weight is 129 g/mol. The van der Waals surface area contributed by atoms with Crippen molar-refractivity contribution in [3.05, 3.63) is 0 Å². The molecule has 3 heteroatoms. The molecule has 0 bridgehead atoms. The number of amides is 2. The van der Waals surface area contributed by atoms with Gasteiger partial charge in [0, 0.05) is 0 Å². The monoisotopic (exact) mass is 129 g/mol. The Labute approximate surface area is 53.4 Å². The summed E-state index contributed by atoms with van der Waals surface area (Å²) in [6.07, 6.45) is 1.47. The number of piperidine rings is 1. The molecule has 0 aromatic rings. The van der Waals surface area contributed by atoms with E-state index in [9.17, 15) is 0 Å². The minimum absolute atomic E-state index is 0.167. The first kappa shape index (κ1) is 6.26. The van der Waals surface area contributed by atoms with Crippen molar-refractivity contribution in [3.63, 3.8) is 0 Å². The maximum atomic E-state index is 8.97. The minimum Gasteiger partial charge on any atom is -0.261 e. The molecule has 1 aliphatic rings. The van der Waals surface area contributed by atoms with Gasteiger partial charge in [0.1, 0.15) is 0 Å². The van der Waals surface area contributed by atoms with Gasteiger partial charge in [0.15, 0.2) is 0 Å². The van der Waals surface area contributed by atoms with Crippen LogP contribution in [0.3, 0.4) is 0 Å². The van der Waals surface area contributed by atoms with Crippen LogP contribution in [0, 0.1) is 5.92 Å². The fourth-order valence-electron chi connectivity index (χ4n) is 0.823. The van der Waals surface area contributed by atoms with Crippen LogP contribution in [-0.4, -0.2) is 21.4 Å². The molecule has 2 amide bonds. The van der Waals surface area contributed by atoms with Crippen LogP contribution in [0.4, 0.5) is 0 Å². The van der Waals surface area contributed by atoms with Gasteiger partial charge in [0.25, 0.3) is 0 Å². The van der Waals surface area contributed by atoms with Crippen LogP contribution < -0.4 is 5.32 Å². The van der Waals surface area contributed by atoms with E-state index in [1.807, 2.05) is 6.92 Å². The predicted molar refractivity (Wildman–Crippen MR) is 35.4 cm³/mol. The highest BCUT2D eigenvalue weighted by Gasteiger charge is 2.30. The fraction of sp³-hybridized carbons (Fsp3) is 0.667. The van der Waals surface area contributed by atoms with E-state index >= 15 is 0 Å². The maximum absolute atomic E-state index is 8.97. The van der Waals surface area contributed by atoms with Crippen LogP contribution in [-0.2, 0) is 0 Å². The number of carbonyl (C=O) groups excluding carboxylic acids is 2. The number of nitrogens with one attached hydrogen (secondary N) is 1. The summed E-state index contributed by atoms with van der Waals surface area (Å²) in [4.78, 5) is 17.8. The van der Waals surface area contributed by atoms with Gasteiger partial charge in [-0.2, -0.15) is 0 Å². The van der Waals surface area contributed by atoms with Crippen molar-refractivity contribution in [2.24, 2.45) is 5.92 Å². The summed E-state index contributed by atoms with van der Waals surface area (Å²) in [6.45, 7) is 1.91. The lowest BCUT2D eigenvalue weighted by atomic mass is 10.0. The molecule has 1 heterocycles. The van der Waals surface area contributed by atoms with E-state index in [0.29, 0.717) is 6.42 Å². The zero-order valence-electron chi connectivity index (χ0n) is 5.39. The molecule has 1 atom stereocenters. The second-order valence-electron chi connectivity index (χ2n) is 2.40. The summed E-state index contributed by atoms with van der Waals surface area (Å²) >= 11 is 0. The number of hydrogen-bond acceptors (Lipinski definition) is 0. The average Bonchev–Trinajstić information content (AvgIpc) is 1.80. The molecule has 3 N–H and O–H groups in total. The van der Waals surface area contributed by atoms with Crippen molar-refractivity contribution in [1.29, 1.82) is 0 Å². The van der Waals surface area contributed by atoms with E-state index in [4.69, 9.17) is 9.59 Å². The van der Waals surface area contributed by atoms with Gasteiger partial charge in [-0.25, -0.2) is 5.32 Å². The van der Waals surface area contributed by atoms with Gasteiger partial charge in [0.05, 0.1) is 12.3 Å². The Morgan fingerprint density at radius 3 is 2.67 bits per heavy atom. The SMILES string of the molecule is CC1CCC(=[OH+])NC1=[OH+]. The zero-order chi connectivity index (χ0) is 6.85. The third-order valence-corrected chi connectivity index (χ3v) is 1.55. The predicted octanol–water partition coefficient (Wildman–Crippen LogP) is 0.0107. The third-order valence-electron chi connectivity index (χ3n) is 1.55. The molecule has 0 aromatic heterocycles. The first-order chi connectivity index (χ1) is 4.20. The van der Waals surface area contributed by atoms with Gasteiger partial charge >= 0.3 is 11.8 Å². The summed E-state index contributed by atoms with van der Waals surface area (Å²) in [5.41, 5.74) is 0. The Morgan fingerprint density at radius 2 is 2.22 bits per heavy atom. The Morgan fingerprint density at radius 1 is 1.56 bits per heavy atom. The molecule has 0 aromatic carbocycles. The van der Waals surface area contributed by atoms with Crippen molar-refractivity contribution < 1.29 is 9.59 Å². The summed E-state index contributed by atoms with van der Waals surface area (Å²) in [5, 5.41) is 2.47. The summed E-state index contributed by atoms with van der Waals surface area (Å²) in [5.74, 6) is 0.519. The lowest BCUT2D eigenvalue weighted by Crippen LogP contribution is -2.39. The van der Waals surface area contributed by atoms with E-state index in [1.54, 1.807) is 0 Å². The van der Waals surface area contributed by atoms with Gasteiger partial charge in [0.2, 0.25) is 0 Å². The van der Waals surface area contributed by atoms with Crippen molar-refractivity contribution in [2.45, 2.75) is 19.8 Å². The summed E-state index contributed by atoms with van der Waals surface area (Å²) < 4.78 is 0. The second-order valence-corrected chi connectivity index (χ2v) is 2.40. The van der Waals surface area contributed by atoms with E-state index in [1.165, 1.54) is 0 Å². The van der Waals surface area contributed by atoms with E-state index in [0.717, 1.165) is 6.42 Å². The Balaban J connectivity index is 2.54. The molecule has 0 aliphatic carbocycles. The molecular weight excluding hydrogens is 118 g/mol. The lowest BCUT2D eigenvalue weighted by molar-refractivity contribution is 0.524. The highest BCUT2D eigenvalue weighted by Crippen LogP contribution is 2.09. The molecule has 1 unspecified atom stereocenters. The van der Waals surface area contributed by atoms with Gasteiger partial charge in [-0.1, -0.05) is 0 Å². The highest BCUT2D eigenvalue weighted by atomic mass is 16.2. The van der Waals surface area contributed by atoms with Crippen molar-refractivity contribution in [1.82, 2.24) is 5.32 Å². The van der Waals surface area contributed by atoms with E-state index in [-0.39, 0.29) is 17.7 Å². The first-order valence-electron chi connectivity index (χ1n) is 3.08. The van der Waals surface area contributed by atoms with Crippen LogP contribution in [0.15, 0.2) is 0 Å². The minimum atomic E-state index is 0.167. The first-order valence-corrected chi connectivity index (χ1v) is 3.08. The van der Waals surface area contributed by atoms with Crippen LogP contribution in [0.5, 0.6) is 0 Å². The van der Waals surface area contributed by atoms with E-state index in [2.05, 4.69) is 5.32 Å². The smallest absolute Gasteiger partial charge is 0.261 e. The molecule has 0 saturated carbocycles. The standard InChI is InChI=1S/C6H9NO2/c1-4-2-3-5(8)7-6(4)9/h4H,2-3H2,1H3,(H,7,8,9)/p+2. The second kappa shape index (κ2) is 2.17. The van der Waals surface area contributed by atoms with Crippen LogP contribution >= 0.6 is 0 Å². The molecule has 1 rings (SSSR count). The molecule has 1 fully saturated rings. The van der Waals surface area contributed by atoms with Crippen LogP contribution in [0.1, 0.15) is 19.8 Å². The quantitative estimate of drug-likeness (QED) is 0.354. The molecule has 0 spiro atoms. The topological polar surface area (TPSA) is 54.8 Å². The van der Waals surface area contributed by atoms with Gasteiger partial charge in [-0.05, 0) is 13.3 Å². The molecular formula is C6H11NO2+2. The van der Waals surface area contributed by atoms with Crippen molar-refractivity contribution in [2.75, 3.05) is 0 Å². The molecule has 9 heavy (non-hydrogen) atoms. The van der Waals surface area contributed by atoms with Crippen molar-refractivity contribution >= 4 is 11.8 Å². The highest BCUT2D eigenvalue weighted by molar-refractivity contribution is 5.99. The summed E-state index contributed by atoms with van der Waals surface area (Å²) in [6, 6.07) is 0. The molecule has 1 saturated heterocycles. The normalized spacial score (nSPS) is 27.9. The number of hydrogen-bond donors (Lipinski definition) is 1. The maximum Gasteiger partial charge on any atom is 0.402 e. The van der Waals surface area contributed by atoms with Crippen LogP contribution in [0.25, 0.3) is 0 Å². The third kappa shape index (κ3) is 1.28. The van der Waals surface area contributed by atoms with Crippen molar-refractivity contribution in [3.8, 4) is 0 Å². The van der Waals surface area contributed by atoms with Gasteiger partial charge in [-0.15, -0.1) is 0 Å². The largest absolute Gasteiger partial charge is 0.402 e. The Hall–Kier alpha value is -0.860. The van der Waals surface area contributed by atoms with Crippen LogP contribution in [0.2, 0.25) is 0 Å². The number of imide groups is 1. The fourth-order valence-corrected chi connectivity index (χ4v) is 0.823.